The van der Waals surface area contributed by atoms with Crippen molar-refractivity contribution in [3.63, 3.8) is 0 Å². The molecular weight excluding hydrogens is 458 g/mol. The summed E-state index contributed by atoms with van der Waals surface area (Å²) in [6.45, 7) is 9.74. The van der Waals surface area contributed by atoms with E-state index in [9.17, 15) is 19.2 Å². The number of hydrogen-bond acceptors (Lipinski definition) is 5. The summed E-state index contributed by atoms with van der Waals surface area (Å²) in [5.74, 6) is 0.107. The number of nitrogens with zero attached hydrogens (tertiary/aromatic N) is 2. The molecule has 4 amide bonds. The van der Waals surface area contributed by atoms with Crippen LogP contribution in [0.3, 0.4) is 0 Å². The Hall–Kier alpha value is -2.12. The molecule has 8 nitrogen and oxygen atoms in total. The second-order valence-corrected chi connectivity index (χ2v) is 13.2. The van der Waals surface area contributed by atoms with E-state index in [4.69, 9.17) is 4.74 Å². The van der Waals surface area contributed by atoms with Gasteiger partial charge in [-0.25, -0.2) is 4.79 Å². The molecule has 0 aromatic heterocycles. The molecule has 8 heteroatoms. The summed E-state index contributed by atoms with van der Waals surface area (Å²) < 4.78 is 5.46. The van der Waals surface area contributed by atoms with Crippen LogP contribution < -0.4 is 5.32 Å². The molecular formula is C28H43N3O5. The average Bonchev–Trinajstić information content (AvgIpc) is 3.41. The Morgan fingerprint density at radius 1 is 0.972 bits per heavy atom. The van der Waals surface area contributed by atoms with Gasteiger partial charge in [0.25, 0.3) is 0 Å². The molecule has 0 aromatic rings. The van der Waals surface area contributed by atoms with Gasteiger partial charge in [-0.2, -0.15) is 0 Å². The van der Waals surface area contributed by atoms with Gasteiger partial charge in [0.2, 0.25) is 17.7 Å². The van der Waals surface area contributed by atoms with Crippen LogP contribution in [-0.2, 0) is 19.1 Å². The number of fused-ring (bicyclic) bond motifs is 1. The van der Waals surface area contributed by atoms with Crippen molar-refractivity contribution in [1.29, 1.82) is 0 Å². The van der Waals surface area contributed by atoms with Crippen molar-refractivity contribution in [2.24, 2.45) is 29.1 Å². The standard InChI is InChI=1S/C28H43N3O5/c1-16(2)21(29-26(35)36-27(3,4)5)24(33)30-15-14-20-22(30)28(18-8-6-9-18,19-10-7-11-19)25(34)31(20)23(32)17-12-13-17/h16-22H,6-15H2,1-5H3,(H,29,35)/t20-,21-,22-/m0/s1. The maximum absolute atomic E-state index is 14.4. The van der Waals surface area contributed by atoms with Gasteiger partial charge in [0.05, 0.1) is 17.5 Å². The van der Waals surface area contributed by atoms with Crippen LogP contribution in [0.4, 0.5) is 4.79 Å². The highest BCUT2D eigenvalue weighted by molar-refractivity contribution is 6.04. The van der Waals surface area contributed by atoms with E-state index in [0.29, 0.717) is 13.0 Å². The largest absolute Gasteiger partial charge is 0.444 e. The van der Waals surface area contributed by atoms with E-state index in [1.807, 2.05) is 18.7 Å². The second-order valence-electron chi connectivity index (χ2n) is 13.2. The van der Waals surface area contributed by atoms with Crippen LogP contribution in [0.15, 0.2) is 0 Å². The Kier molecular flexibility index (Phi) is 6.39. The molecule has 5 rings (SSSR count). The number of carbonyl (C=O) groups excluding carboxylic acids is 4. The quantitative estimate of drug-likeness (QED) is 0.558. The van der Waals surface area contributed by atoms with Crippen LogP contribution in [0.2, 0.25) is 0 Å². The van der Waals surface area contributed by atoms with Gasteiger partial charge in [-0.15, -0.1) is 0 Å². The van der Waals surface area contributed by atoms with Gasteiger partial charge in [0.15, 0.2) is 0 Å². The van der Waals surface area contributed by atoms with E-state index in [2.05, 4.69) is 5.32 Å². The van der Waals surface area contributed by atoms with Crippen LogP contribution in [0.25, 0.3) is 0 Å². The Labute approximate surface area is 214 Å². The predicted molar refractivity (Wildman–Crippen MR) is 134 cm³/mol. The minimum Gasteiger partial charge on any atom is -0.444 e. The second kappa shape index (κ2) is 9.02. The Morgan fingerprint density at radius 3 is 2.00 bits per heavy atom. The summed E-state index contributed by atoms with van der Waals surface area (Å²) in [5.41, 5.74) is -1.33. The molecule has 36 heavy (non-hydrogen) atoms. The fourth-order valence-corrected chi connectivity index (χ4v) is 7.21. The first-order valence-corrected chi connectivity index (χ1v) is 14.1. The summed E-state index contributed by atoms with van der Waals surface area (Å²) in [6, 6.07) is -1.29. The molecule has 0 unspecified atom stereocenters. The third kappa shape index (κ3) is 4.03. The lowest BCUT2D eigenvalue weighted by Crippen LogP contribution is -2.62. The van der Waals surface area contributed by atoms with Crippen molar-refractivity contribution in [1.82, 2.24) is 15.1 Å². The smallest absolute Gasteiger partial charge is 0.408 e. The van der Waals surface area contributed by atoms with E-state index < -0.39 is 23.2 Å². The number of rotatable bonds is 6. The lowest BCUT2D eigenvalue weighted by Gasteiger charge is -2.54. The van der Waals surface area contributed by atoms with Crippen molar-refractivity contribution in [3.8, 4) is 0 Å². The number of nitrogens with one attached hydrogen (secondary N) is 1. The molecule has 5 aliphatic rings. The van der Waals surface area contributed by atoms with Crippen LogP contribution in [-0.4, -0.2) is 63.9 Å². The maximum Gasteiger partial charge on any atom is 0.408 e. The van der Waals surface area contributed by atoms with Gasteiger partial charge in [-0.05, 0) is 83.5 Å². The SMILES string of the molecule is CC(C)[C@H](NC(=O)OC(C)(C)C)C(=O)N1CC[C@H]2[C@H]1C(C1CCC1)(C1CCC1)C(=O)N2C(=O)C1CC1. The molecule has 200 valence electrons. The number of ether oxygens (including phenoxy) is 1. The summed E-state index contributed by atoms with van der Waals surface area (Å²) in [6.07, 6.45) is 7.89. The summed E-state index contributed by atoms with van der Waals surface area (Å²) >= 11 is 0. The molecule has 0 aromatic carbocycles. The van der Waals surface area contributed by atoms with Crippen molar-refractivity contribution in [2.75, 3.05) is 6.54 Å². The van der Waals surface area contributed by atoms with Crippen LogP contribution >= 0.6 is 0 Å². The summed E-state index contributed by atoms with van der Waals surface area (Å²) in [4.78, 5) is 58.1. The topological polar surface area (TPSA) is 96.0 Å². The van der Waals surface area contributed by atoms with Gasteiger partial charge in [0, 0.05) is 12.5 Å². The zero-order valence-electron chi connectivity index (χ0n) is 22.5. The molecule has 2 saturated heterocycles. The third-order valence-corrected chi connectivity index (χ3v) is 9.39. The number of likely N-dealkylation sites (tertiary alicyclic amines) is 2. The van der Waals surface area contributed by atoms with Crippen molar-refractivity contribution >= 4 is 23.8 Å². The Balaban J connectivity index is 1.49. The molecule has 5 fully saturated rings. The van der Waals surface area contributed by atoms with Gasteiger partial charge < -0.3 is 15.0 Å². The molecule has 2 aliphatic heterocycles. The molecule has 3 aliphatic carbocycles. The summed E-state index contributed by atoms with van der Waals surface area (Å²) in [7, 11) is 0. The highest BCUT2D eigenvalue weighted by atomic mass is 16.6. The van der Waals surface area contributed by atoms with Crippen LogP contribution in [0.1, 0.15) is 92.4 Å². The van der Waals surface area contributed by atoms with E-state index >= 15 is 0 Å². The lowest BCUT2D eigenvalue weighted by molar-refractivity contribution is -0.159. The first-order chi connectivity index (χ1) is 17.0. The molecule has 1 N–H and O–H groups in total. The minimum atomic E-state index is -0.748. The average molecular weight is 502 g/mol. The lowest BCUT2D eigenvalue weighted by atomic mass is 9.51. The van der Waals surface area contributed by atoms with Crippen molar-refractivity contribution in [2.45, 2.75) is 116 Å². The fourth-order valence-electron chi connectivity index (χ4n) is 7.21. The number of amides is 4. The molecule has 3 atom stereocenters. The Morgan fingerprint density at radius 2 is 1.56 bits per heavy atom. The zero-order chi connectivity index (χ0) is 26.0. The third-order valence-electron chi connectivity index (χ3n) is 9.39. The number of imide groups is 1. The maximum atomic E-state index is 14.4. The van der Waals surface area contributed by atoms with E-state index in [1.165, 1.54) is 0 Å². The fraction of sp³-hybridized carbons (Fsp3) is 0.857. The first-order valence-electron chi connectivity index (χ1n) is 14.1. The molecule has 0 spiro atoms. The van der Waals surface area contributed by atoms with E-state index in [0.717, 1.165) is 51.4 Å². The molecule has 3 saturated carbocycles. The highest BCUT2D eigenvalue weighted by Crippen LogP contribution is 2.62. The normalized spacial score (nSPS) is 29.0. The minimum absolute atomic E-state index is 0.00231. The van der Waals surface area contributed by atoms with Gasteiger partial charge >= 0.3 is 6.09 Å². The molecule has 0 bridgehead atoms. The van der Waals surface area contributed by atoms with Crippen molar-refractivity contribution in [3.05, 3.63) is 0 Å². The highest BCUT2D eigenvalue weighted by Gasteiger charge is 2.72. The first kappa shape index (κ1) is 25.5. The van der Waals surface area contributed by atoms with Gasteiger partial charge in [-0.3, -0.25) is 19.3 Å². The van der Waals surface area contributed by atoms with Gasteiger partial charge in [-0.1, -0.05) is 26.7 Å². The van der Waals surface area contributed by atoms with Crippen LogP contribution in [0, 0.1) is 29.1 Å². The monoisotopic (exact) mass is 501 g/mol. The number of carbonyl (C=O) groups is 4. The van der Waals surface area contributed by atoms with E-state index in [-0.39, 0.29) is 53.5 Å². The number of hydrogen-bond donors (Lipinski definition) is 1. The Bertz CT molecular complexity index is 914. The number of alkyl carbamates (subject to hydrolysis) is 1. The summed E-state index contributed by atoms with van der Waals surface area (Å²) in [5, 5.41) is 2.83. The molecule has 2 heterocycles. The molecule has 0 radical (unpaired) electrons. The zero-order valence-corrected chi connectivity index (χ0v) is 22.5. The van der Waals surface area contributed by atoms with Crippen LogP contribution in [0.5, 0.6) is 0 Å². The van der Waals surface area contributed by atoms with Gasteiger partial charge in [0.1, 0.15) is 11.6 Å². The van der Waals surface area contributed by atoms with Crippen molar-refractivity contribution < 1.29 is 23.9 Å². The predicted octanol–water partition coefficient (Wildman–Crippen LogP) is 3.87. The van der Waals surface area contributed by atoms with E-state index in [1.54, 1.807) is 25.7 Å².